The molecule has 0 unspecified atom stereocenters. The van der Waals surface area contributed by atoms with Gasteiger partial charge in [-0.1, -0.05) is 30.3 Å². The largest absolute Gasteiger partial charge is 0.374 e. The van der Waals surface area contributed by atoms with Crippen molar-refractivity contribution < 1.29 is 4.74 Å². The van der Waals surface area contributed by atoms with Gasteiger partial charge in [0.15, 0.2) is 0 Å². The normalized spacial score (nSPS) is 22.0. The van der Waals surface area contributed by atoms with Crippen LogP contribution in [-0.4, -0.2) is 53.3 Å². The summed E-state index contributed by atoms with van der Waals surface area (Å²) < 4.78 is 5.82. The molecule has 0 radical (unpaired) electrons. The van der Waals surface area contributed by atoms with Gasteiger partial charge in [0.25, 0.3) is 0 Å². The van der Waals surface area contributed by atoms with Gasteiger partial charge >= 0.3 is 0 Å². The maximum Gasteiger partial charge on any atom is 0.222 e. The van der Waals surface area contributed by atoms with E-state index in [9.17, 15) is 0 Å². The number of benzene rings is 1. The highest BCUT2D eigenvalue weighted by Crippen LogP contribution is 2.18. The number of anilines is 1. The molecule has 26 heavy (non-hydrogen) atoms. The standard InChI is InChI=1S/C18H23N5O.2ClH/c1-2-4-14(5-3-1)8-20-18-21-9-15(10-22-18)11-23-12-16-17(13-23)24-7-6-19-16;;/h1-5,9-10,16-17,19H,6-8,11-13H2,(H,20,21,22);2*1H/t16-,17-;;/m0../s1. The van der Waals surface area contributed by atoms with Gasteiger partial charge in [-0.3, -0.25) is 4.90 Å². The lowest BCUT2D eigenvalue weighted by Gasteiger charge is -2.25. The van der Waals surface area contributed by atoms with E-state index >= 15 is 0 Å². The van der Waals surface area contributed by atoms with Gasteiger partial charge in [0.2, 0.25) is 5.95 Å². The summed E-state index contributed by atoms with van der Waals surface area (Å²) in [5.41, 5.74) is 2.36. The quantitative estimate of drug-likeness (QED) is 0.805. The van der Waals surface area contributed by atoms with Gasteiger partial charge in [0.1, 0.15) is 0 Å². The monoisotopic (exact) mass is 397 g/mol. The Morgan fingerprint density at radius 2 is 1.85 bits per heavy atom. The van der Waals surface area contributed by atoms with Crippen molar-refractivity contribution in [1.82, 2.24) is 20.2 Å². The van der Waals surface area contributed by atoms with E-state index in [4.69, 9.17) is 4.74 Å². The average molecular weight is 398 g/mol. The molecule has 0 bridgehead atoms. The average Bonchev–Trinajstić information content (AvgIpc) is 3.04. The Bertz CT molecular complexity index is 644. The van der Waals surface area contributed by atoms with Crippen LogP contribution in [0.1, 0.15) is 11.1 Å². The van der Waals surface area contributed by atoms with E-state index in [1.54, 1.807) is 0 Å². The summed E-state index contributed by atoms with van der Waals surface area (Å²) in [4.78, 5) is 11.3. The number of morpholine rings is 1. The lowest BCUT2D eigenvalue weighted by Crippen LogP contribution is -2.47. The number of nitrogens with one attached hydrogen (secondary N) is 2. The zero-order chi connectivity index (χ0) is 16.2. The molecule has 0 aliphatic carbocycles. The van der Waals surface area contributed by atoms with Gasteiger partial charge in [-0.25, -0.2) is 9.97 Å². The molecule has 6 nitrogen and oxygen atoms in total. The molecule has 2 saturated heterocycles. The molecular formula is C18H25Cl2N5O. The minimum Gasteiger partial charge on any atom is -0.374 e. The molecule has 0 saturated carbocycles. The number of hydrogen-bond donors (Lipinski definition) is 2. The molecule has 2 N–H and O–H groups in total. The molecule has 2 aliphatic rings. The third-order valence-electron chi connectivity index (χ3n) is 4.59. The van der Waals surface area contributed by atoms with Crippen LogP contribution >= 0.6 is 24.8 Å². The lowest BCUT2D eigenvalue weighted by atomic mass is 10.2. The summed E-state index contributed by atoms with van der Waals surface area (Å²) in [6.45, 7) is 5.39. The fraction of sp³-hybridized carbons (Fsp3) is 0.444. The van der Waals surface area contributed by atoms with Gasteiger partial charge in [0, 0.05) is 56.7 Å². The van der Waals surface area contributed by atoms with Crippen LogP contribution in [-0.2, 0) is 17.8 Å². The summed E-state index contributed by atoms with van der Waals surface area (Å²) >= 11 is 0. The van der Waals surface area contributed by atoms with E-state index in [1.165, 1.54) is 5.56 Å². The van der Waals surface area contributed by atoms with Gasteiger partial charge in [0.05, 0.1) is 12.7 Å². The van der Waals surface area contributed by atoms with Crippen LogP contribution in [0.15, 0.2) is 42.7 Å². The number of ether oxygens (including phenoxy) is 1. The molecule has 2 atom stereocenters. The van der Waals surface area contributed by atoms with Gasteiger partial charge in [-0.2, -0.15) is 0 Å². The highest BCUT2D eigenvalue weighted by molar-refractivity contribution is 5.85. The minimum absolute atomic E-state index is 0. The second kappa shape index (κ2) is 10.0. The van der Waals surface area contributed by atoms with Crippen LogP contribution in [0.25, 0.3) is 0 Å². The van der Waals surface area contributed by atoms with Crippen LogP contribution in [0.5, 0.6) is 0 Å². The first-order chi connectivity index (χ1) is 11.9. The molecule has 2 fully saturated rings. The molecule has 8 heteroatoms. The van der Waals surface area contributed by atoms with Crippen LogP contribution in [0, 0.1) is 0 Å². The molecular weight excluding hydrogens is 373 g/mol. The number of fused-ring (bicyclic) bond motifs is 1. The maximum atomic E-state index is 5.82. The molecule has 0 spiro atoms. The number of aromatic nitrogens is 2. The number of hydrogen-bond acceptors (Lipinski definition) is 6. The molecule has 3 heterocycles. The van der Waals surface area contributed by atoms with Crippen molar-refractivity contribution in [3.8, 4) is 0 Å². The van der Waals surface area contributed by atoms with E-state index in [-0.39, 0.29) is 24.8 Å². The van der Waals surface area contributed by atoms with E-state index in [0.717, 1.165) is 44.9 Å². The summed E-state index contributed by atoms with van der Waals surface area (Å²) in [5.74, 6) is 0.669. The smallest absolute Gasteiger partial charge is 0.222 e. The van der Waals surface area contributed by atoms with Crippen molar-refractivity contribution in [3.05, 3.63) is 53.9 Å². The highest BCUT2D eigenvalue weighted by atomic mass is 35.5. The number of halogens is 2. The zero-order valence-corrected chi connectivity index (χ0v) is 16.1. The molecule has 142 valence electrons. The third-order valence-corrected chi connectivity index (χ3v) is 4.59. The van der Waals surface area contributed by atoms with Crippen LogP contribution in [0.2, 0.25) is 0 Å². The summed E-state index contributed by atoms with van der Waals surface area (Å²) in [5, 5.41) is 6.79. The van der Waals surface area contributed by atoms with Crippen molar-refractivity contribution in [2.45, 2.75) is 25.2 Å². The summed E-state index contributed by atoms with van der Waals surface area (Å²) in [7, 11) is 0. The molecule has 2 aromatic rings. The fourth-order valence-electron chi connectivity index (χ4n) is 3.36. The fourth-order valence-corrected chi connectivity index (χ4v) is 3.36. The number of rotatable bonds is 5. The summed E-state index contributed by atoms with van der Waals surface area (Å²) in [6.07, 6.45) is 4.15. The second-order valence-corrected chi connectivity index (χ2v) is 6.42. The molecule has 1 aromatic heterocycles. The first-order valence-electron chi connectivity index (χ1n) is 8.53. The zero-order valence-electron chi connectivity index (χ0n) is 14.5. The Balaban J connectivity index is 0.00000121. The Morgan fingerprint density at radius 1 is 1.08 bits per heavy atom. The predicted molar refractivity (Wildman–Crippen MR) is 107 cm³/mol. The third kappa shape index (κ3) is 5.28. The first-order valence-corrected chi connectivity index (χ1v) is 8.53. The van der Waals surface area contributed by atoms with Gasteiger partial charge in [-0.15, -0.1) is 24.8 Å². The van der Waals surface area contributed by atoms with Crippen LogP contribution in [0.3, 0.4) is 0 Å². The van der Waals surface area contributed by atoms with Crippen molar-refractivity contribution in [2.75, 3.05) is 31.6 Å². The van der Waals surface area contributed by atoms with Crippen molar-refractivity contribution in [1.29, 1.82) is 0 Å². The second-order valence-electron chi connectivity index (χ2n) is 6.42. The van der Waals surface area contributed by atoms with E-state index in [0.29, 0.717) is 18.1 Å². The van der Waals surface area contributed by atoms with Crippen molar-refractivity contribution >= 4 is 30.8 Å². The lowest BCUT2D eigenvalue weighted by molar-refractivity contribution is 0.0175. The summed E-state index contributed by atoms with van der Waals surface area (Å²) in [6, 6.07) is 10.7. The molecule has 2 aliphatic heterocycles. The van der Waals surface area contributed by atoms with Crippen molar-refractivity contribution in [2.24, 2.45) is 0 Å². The van der Waals surface area contributed by atoms with E-state index < -0.39 is 0 Å². The Kier molecular flexibility index (Phi) is 8.06. The molecule has 0 amide bonds. The maximum absolute atomic E-state index is 5.82. The Labute approximate surface area is 166 Å². The number of nitrogens with zero attached hydrogens (tertiary/aromatic N) is 3. The Hall–Kier alpha value is -1.44. The predicted octanol–water partition coefficient (Wildman–Crippen LogP) is 2.10. The van der Waals surface area contributed by atoms with Crippen LogP contribution in [0.4, 0.5) is 5.95 Å². The van der Waals surface area contributed by atoms with Crippen molar-refractivity contribution in [3.63, 3.8) is 0 Å². The van der Waals surface area contributed by atoms with Gasteiger partial charge < -0.3 is 15.4 Å². The molecule has 1 aromatic carbocycles. The molecule has 4 rings (SSSR count). The van der Waals surface area contributed by atoms with Crippen LogP contribution < -0.4 is 10.6 Å². The Morgan fingerprint density at radius 3 is 2.58 bits per heavy atom. The van der Waals surface area contributed by atoms with Gasteiger partial charge in [-0.05, 0) is 5.56 Å². The highest BCUT2D eigenvalue weighted by Gasteiger charge is 2.35. The minimum atomic E-state index is 0. The van der Waals surface area contributed by atoms with E-state index in [2.05, 4.69) is 37.6 Å². The SMILES string of the molecule is Cl.Cl.c1ccc(CNc2ncc(CN3C[C@@H]4NCCO[C@H]4C3)cn2)cc1. The van der Waals surface area contributed by atoms with E-state index in [1.807, 2.05) is 30.6 Å². The first kappa shape index (κ1) is 20.9. The number of likely N-dealkylation sites (tertiary alicyclic amines) is 1. The topological polar surface area (TPSA) is 62.3 Å².